The Bertz CT molecular complexity index is 5370. The number of fused-ring (bicyclic) bond motifs is 13. The van der Waals surface area contributed by atoms with Gasteiger partial charge in [-0.15, -0.1) is 20.4 Å². The van der Waals surface area contributed by atoms with E-state index in [2.05, 4.69) is 240 Å². The molecule has 6 aromatic heterocycles. The molecule has 0 aliphatic rings. The summed E-state index contributed by atoms with van der Waals surface area (Å²) < 4.78 is 17.0. The Kier molecular flexibility index (Phi) is 9.54. The Morgan fingerprint density at radius 2 is 0.750 bits per heavy atom. The van der Waals surface area contributed by atoms with E-state index in [-0.39, 0.29) is 0 Å². The molecule has 372 valence electrons. The number of furan rings is 2. The summed E-state index contributed by atoms with van der Waals surface area (Å²) in [6.07, 6.45) is 4.27. The van der Waals surface area contributed by atoms with Crippen LogP contribution in [0.4, 0.5) is 0 Å². The number of nitrogens with zero attached hydrogens (tertiary/aromatic N) is 6. The highest BCUT2D eigenvalue weighted by atomic mass is 16.3. The fourth-order valence-corrected chi connectivity index (χ4v) is 12.4. The molecule has 0 spiro atoms. The monoisotopic (exact) mass is 1020 g/mol. The summed E-state index contributed by atoms with van der Waals surface area (Å²) in [5.74, 6) is 1.56. The van der Waals surface area contributed by atoms with E-state index in [1.165, 1.54) is 5.39 Å². The Balaban J connectivity index is 0.709. The van der Waals surface area contributed by atoms with Gasteiger partial charge in [-0.3, -0.25) is 8.80 Å². The van der Waals surface area contributed by atoms with Crippen LogP contribution in [0.2, 0.25) is 0 Å². The number of aromatic nitrogens is 6. The van der Waals surface area contributed by atoms with Crippen LogP contribution >= 0.6 is 0 Å². The summed E-state index contributed by atoms with van der Waals surface area (Å²) >= 11 is 0. The van der Waals surface area contributed by atoms with E-state index in [9.17, 15) is 0 Å². The Hall–Kier alpha value is -11.0. The topological polar surface area (TPSA) is 86.7 Å². The molecule has 0 saturated carbocycles. The molecular weight excluding hydrogens is 981 g/mol. The fourth-order valence-electron chi connectivity index (χ4n) is 12.4. The molecule has 8 heteroatoms. The van der Waals surface area contributed by atoms with Gasteiger partial charge in [0, 0.05) is 72.5 Å². The standard InChI is InChI=1S/C72H42N6O2/c1-2-14-55(51(13-1)50-35-30-45-38-39-77-69(73-76-72(77)63(45)41-50)46-31-26-43(27-32-46)53-19-10-22-60-58-16-5-7-24-65(58)79-67(53)60)56-21-9-12-48-40-49(36-37-52(48)56)64-42-78-70(74-75-71(78)62-18-4-3-15-57(62)64)47-33-28-44(29-34-47)54-20-11-23-61-59-17-6-8-25-66(59)80-68(54)61/h1-42H. The van der Waals surface area contributed by atoms with Gasteiger partial charge in [0.25, 0.3) is 0 Å². The quantitative estimate of drug-likeness (QED) is 0.158. The molecule has 0 unspecified atom stereocenters. The van der Waals surface area contributed by atoms with Crippen LogP contribution in [-0.2, 0) is 0 Å². The van der Waals surface area contributed by atoms with Gasteiger partial charge in [0.1, 0.15) is 22.3 Å². The lowest BCUT2D eigenvalue weighted by molar-refractivity contribution is 0.669. The summed E-state index contributed by atoms with van der Waals surface area (Å²) in [5.41, 5.74) is 18.2. The Morgan fingerprint density at radius 1 is 0.263 bits per heavy atom. The van der Waals surface area contributed by atoms with Crippen LogP contribution in [0.25, 0.3) is 166 Å². The molecule has 17 aromatic rings. The van der Waals surface area contributed by atoms with Gasteiger partial charge in [-0.1, -0.05) is 212 Å². The lowest BCUT2D eigenvalue weighted by Crippen LogP contribution is -1.94. The Labute approximate surface area is 456 Å². The predicted molar refractivity (Wildman–Crippen MR) is 325 cm³/mol. The van der Waals surface area contributed by atoms with E-state index < -0.39 is 0 Å². The van der Waals surface area contributed by atoms with Crippen molar-refractivity contribution in [1.29, 1.82) is 0 Å². The van der Waals surface area contributed by atoms with Crippen LogP contribution in [0.15, 0.2) is 264 Å². The third-order valence-electron chi connectivity index (χ3n) is 16.2. The van der Waals surface area contributed by atoms with Crippen LogP contribution in [-0.4, -0.2) is 29.2 Å². The minimum Gasteiger partial charge on any atom is -0.455 e. The van der Waals surface area contributed by atoms with Crippen molar-refractivity contribution < 1.29 is 8.83 Å². The van der Waals surface area contributed by atoms with Crippen LogP contribution < -0.4 is 0 Å². The second kappa shape index (κ2) is 17.3. The van der Waals surface area contributed by atoms with Gasteiger partial charge in [0.15, 0.2) is 22.9 Å². The molecule has 6 heterocycles. The largest absolute Gasteiger partial charge is 0.455 e. The average Bonchev–Trinajstić information content (AvgIpc) is 4.36. The van der Waals surface area contributed by atoms with Gasteiger partial charge in [0.2, 0.25) is 0 Å². The maximum absolute atomic E-state index is 6.40. The molecule has 11 aromatic carbocycles. The molecule has 8 nitrogen and oxygen atoms in total. The van der Waals surface area contributed by atoms with Gasteiger partial charge < -0.3 is 8.83 Å². The van der Waals surface area contributed by atoms with Gasteiger partial charge in [-0.2, -0.15) is 0 Å². The highest BCUT2D eigenvalue weighted by Crippen LogP contribution is 2.42. The van der Waals surface area contributed by atoms with Crippen molar-refractivity contribution in [3.05, 3.63) is 255 Å². The van der Waals surface area contributed by atoms with Crippen LogP contribution in [0.5, 0.6) is 0 Å². The molecule has 0 aliphatic heterocycles. The number of hydrogen-bond donors (Lipinski definition) is 0. The first-order chi connectivity index (χ1) is 39.6. The minimum absolute atomic E-state index is 0.777. The first-order valence-corrected chi connectivity index (χ1v) is 26.8. The minimum atomic E-state index is 0.777. The summed E-state index contributed by atoms with van der Waals surface area (Å²) in [5, 5.41) is 30.3. The van der Waals surface area contributed by atoms with Gasteiger partial charge in [-0.25, -0.2) is 0 Å². The van der Waals surface area contributed by atoms with E-state index >= 15 is 0 Å². The first-order valence-electron chi connectivity index (χ1n) is 26.8. The smallest absolute Gasteiger partial charge is 0.169 e. The van der Waals surface area contributed by atoms with Crippen molar-refractivity contribution in [3.63, 3.8) is 0 Å². The number of hydrogen-bond acceptors (Lipinski definition) is 6. The summed E-state index contributed by atoms with van der Waals surface area (Å²) in [7, 11) is 0. The van der Waals surface area contributed by atoms with E-state index in [0.717, 1.165) is 161 Å². The molecule has 0 bridgehead atoms. The van der Waals surface area contributed by atoms with Crippen molar-refractivity contribution in [3.8, 4) is 78.4 Å². The summed E-state index contributed by atoms with van der Waals surface area (Å²) in [6.45, 7) is 0. The number of benzene rings is 11. The molecule has 0 saturated heterocycles. The molecule has 0 atom stereocenters. The number of para-hydroxylation sites is 4. The highest BCUT2D eigenvalue weighted by molar-refractivity contribution is 6.12. The summed E-state index contributed by atoms with van der Waals surface area (Å²) in [6, 6.07) is 85.7. The molecule has 17 rings (SSSR count). The van der Waals surface area contributed by atoms with E-state index in [4.69, 9.17) is 29.2 Å². The molecule has 0 N–H and O–H groups in total. The molecule has 0 fully saturated rings. The van der Waals surface area contributed by atoms with E-state index in [1.54, 1.807) is 0 Å². The van der Waals surface area contributed by atoms with Crippen LogP contribution in [0, 0.1) is 0 Å². The molecule has 80 heavy (non-hydrogen) atoms. The van der Waals surface area contributed by atoms with Crippen LogP contribution in [0.3, 0.4) is 0 Å². The maximum atomic E-state index is 6.40. The third-order valence-corrected chi connectivity index (χ3v) is 16.2. The van der Waals surface area contributed by atoms with Crippen molar-refractivity contribution in [2.24, 2.45) is 0 Å². The second-order valence-electron chi connectivity index (χ2n) is 20.6. The SMILES string of the molecule is c1ccc(-c2cccc3cc(-c4cn5c(-c6ccc(-c7cccc8c7oc7ccccc78)cc6)nnc5c5ccccc45)ccc23)c(-c2ccc3ccn4c(-c5ccc(-c6cccc7c6oc6ccccc67)cc5)nnc4c3c2)c1. The molecule has 0 amide bonds. The number of rotatable bonds is 7. The van der Waals surface area contributed by atoms with Gasteiger partial charge >= 0.3 is 0 Å². The van der Waals surface area contributed by atoms with Crippen molar-refractivity contribution in [2.75, 3.05) is 0 Å². The third kappa shape index (κ3) is 6.76. The van der Waals surface area contributed by atoms with Crippen molar-refractivity contribution >= 4 is 87.5 Å². The molecule has 0 radical (unpaired) electrons. The van der Waals surface area contributed by atoms with Gasteiger partial charge in [0.05, 0.1) is 0 Å². The maximum Gasteiger partial charge on any atom is 0.169 e. The normalized spacial score (nSPS) is 12.0. The zero-order valence-corrected chi connectivity index (χ0v) is 42.7. The van der Waals surface area contributed by atoms with Crippen LogP contribution in [0.1, 0.15) is 0 Å². The first kappa shape index (κ1) is 44.2. The second-order valence-corrected chi connectivity index (χ2v) is 20.6. The fraction of sp³-hybridized carbons (Fsp3) is 0. The van der Waals surface area contributed by atoms with Gasteiger partial charge in [-0.05, 0) is 90.8 Å². The summed E-state index contributed by atoms with van der Waals surface area (Å²) in [4.78, 5) is 0. The lowest BCUT2D eigenvalue weighted by atomic mass is 9.89. The number of pyridine rings is 2. The predicted octanol–water partition coefficient (Wildman–Crippen LogP) is 18.7. The van der Waals surface area contributed by atoms with Crippen molar-refractivity contribution in [2.45, 2.75) is 0 Å². The Morgan fingerprint density at radius 3 is 1.43 bits per heavy atom. The lowest BCUT2D eigenvalue weighted by Gasteiger charge is -2.15. The molecular formula is C72H42N6O2. The van der Waals surface area contributed by atoms with E-state index in [0.29, 0.717) is 0 Å². The average molecular weight is 1020 g/mol. The molecule has 0 aliphatic carbocycles. The van der Waals surface area contributed by atoms with Crippen molar-refractivity contribution in [1.82, 2.24) is 29.2 Å². The zero-order chi connectivity index (χ0) is 52.4. The highest BCUT2D eigenvalue weighted by Gasteiger charge is 2.20. The van der Waals surface area contributed by atoms with E-state index in [1.807, 2.05) is 24.3 Å². The zero-order valence-electron chi connectivity index (χ0n) is 42.7.